The van der Waals surface area contributed by atoms with E-state index < -0.39 is 0 Å². The van der Waals surface area contributed by atoms with E-state index in [4.69, 9.17) is 11.6 Å². The minimum absolute atomic E-state index is 0.0478. The molecule has 0 saturated carbocycles. The van der Waals surface area contributed by atoms with Gasteiger partial charge in [-0.15, -0.1) is 11.3 Å². The maximum Gasteiger partial charge on any atom is 0.156 e. The molecule has 5 nitrogen and oxygen atoms in total. The molecule has 0 fully saturated rings. The Kier molecular flexibility index (Phi) is 3.88. The number of nitrogens with one attached hydrogen (secondary N) is 1. The number of aromatic nitrogens is 3. The molecule has 0 saturated heterocycles. The Bertz CT molecular complexity index is 572. The summed E-state index contributed by atoms with van der Waals surface area (Å²) in [5.74, 6) is 0.422. The molecule has 1 atom stereocenters. The smallest absolute Gasteiger partial charge is 0.156 e. The molecule has 0 aliphatic rings. The second-order valence-corrected chi connectivity index (χ2v) is 4.99. The number of rotatable bonds is 4. The standard InChI is InChI=1S/C11H11ClN4OS/c1-6-4-18-11(15-6)7(2)16-10-8(3-17)9(12)13-5-14-10/h3-5,7H,1-2H3,(H,13,14,16). The Balaban J connectivity index is 2.24. The Hall–Kier alpha value is -1.53. The number of hydrogen-bond acceptors (Lipinski definition) is 6. The molecular weight excluding hydrogens is 272 g/mol. The molecule has 18 heavy (non-hydrogen) atoms. The molecule has 0 spiro atoms. The van der Waals surface area contributed by atoms with Gasteiger partial charge in [-0.1, -0.05) is 11.6 Å². The number of aldehydes is 1. The summed E-state index contributed by atoms with van der Waals surface area (Å²) < 4.78 is 0. The summed E-state index contributed by atoms with van der Waals surface area (Å²) in [4.78, 5) is 23.1. The van der Waals surface area contributed by atoms with Crippen molar-refractivity contribution in [2.75, 3.05) is 5.32 Å². The highest BCUT2D eigenvalue weighted by molar-refractivity contribution is 7.09. The van der Waals surface area contributed by atoms with Crippen molar-refractivity contribution in [3.05, 3.63) is 33.1 Å². The molecule has 2 heterocycles. The summed E-state index contributed by atoms with van der Waals surface area (Å²) in [6.07, 6.45) is 1.96. The molecule has 0 radical (unpaired) electrons. The molecule has 1 unspecified atom stereocenters. The Morgan fingerprint density at radius 2 is 2.28 bits per heavy atom. The average molecular weight is 283 g/mol. The molecule has 7 heteroatoms. The van der Waals surface area contributed by atoms with E-state index in [2.05, 4.69) is 20.3 Å². The van der Waals surface area contributed by atoms with Crippen molar-refractivity contribution in [3.8, 4) is 0 Å². The second-order valence-electron chi connectivity index (χ2n) is 3.74. The molecule has 1 N–H and O–H groups in total. The summed E-state index contributed by atoms with van der Waals surface area (Å²) in [7, 11) is 0. The first-order chi connectivity index (χ1) is 8.61. The zero-order valence-electron chi connectivity index (χ0n) is 9.85. The largest absolute Gasteiger partial charge is 0.360 e. The fourth-order valence-corrected chi connectivity index (χ4v) is 2.41. The van der Waals surface area contributed by atoms with E-state index in [1.807, 2.05) is 19.2 Å². The number of carbonyl (C=O) groups is 1. The van der Waals surface area contributed by atoms with Crippen molar-refractivity contribution in [1.82, 2.24) is 15.0 Å². The van der Waals surface area contributed by atoms with Crippen molar-refractivity contribution < 1.29 is 4.79 Å². The number of halogens is 1. The minimum atomic E-state index is -0.0478. The lowest BCUT2D eigenvalue weighted by Gasteiger charge is -2.13. The van der Waals surface area contributed by atoms with Gasteiger partial charge in [-0.05, 0) is 13.8 Å². The van der Waals surface area contributed by atoms with Gasteiger partial charge in [0.25, 0.3) is 0 Å². The number of carbonyl (C=O) groups excluding carboxylic acids is 1. The third-order valence-corrected chi connectivity index (χ3v) is 3.76. The van der Waals surface area contributed by atoms with Crippen molar-refractivity contribution in [1.29, 1.82) is 0 Å². The Morgan fingerprint density at radius 1 is 1.50 bits per heavy atom. The second kappa shape index (κ2) is 5.41. The van der Waals surface area contributed by atoms with Gasteiger partial charge in [0.15, 0.2) is 6.29 Å². The first kappa shape index (κ1) is 12.9. The minimum Gasteiger partial charge on any atom is -0.360 e. The van der Waals surface area contributed by atoms with Gasteiger partial charge < -0.3 is 5.32 Å². The van der Waals surface area contributed by atoms with Crippen LogP contribution in [-0.4, -0.2) is 21.2 Å². The quantitative estimate of drug-likeness (QED) is 0.690. The molecule has 2 aromatic rings. The van der Waals surface area contributed by atoms with E-state index >= 15 is 0 Å². The molecule has 2 aromatic heterocycles. The van der Waals surface area contributed by atoms with Crippen LogP contribution in [0.1, 0.15) is 34.0 Å². The highest BCUT2D eigenvalue weighted by Gasteiger charge is 2.14. The third kappa shape index (κ3) is 2.65. The van der Waals surface area contributed by atoms with Crippen LogP contribution in [0.4, 0.5) is 5.82 Å². The fourth-order valence-electron chi connectivity index (χ4n) is 1.43. The van der Waals surface area contributed by atoms with Crippen molar-refractivity contribution in [2.24, 2.45) is 0 Å². The van der Waals surface area contributed by atoms with Gasteiger partial charge in [0.2, 0.25) is 0 Å². The zero-order valence-corrected chi connectivity index (χ0v) is 11.4. The van der Waals surface area contributed by atoms with Gasteiger partial charge in [-0.2, -0.15) is 0 Å². The number of hydrogen-bond donors (Lipinski definition) is 1. The summed E-state index contributed by atoms with van der Waals surface area (Å²) in [5.41, 5.74) is 1.24. The average Bonchev–Trinajstić information content (AvgIpc) is 2.76. The third-order valence-electron chi connectivity index (χ3n) is 2.31. The van der Waals surface area contributed by atoms with E-state index in [0.29, 0.717) is 12.1 Å². The molecule has 2 rings (SSSR count). The van der Waals surface area contributed by atoms with Crippen LogP contribution in [0.25, 0.3) is 0 Å². The topological polar surface area (TPSA) is 67.8 Å². The van der Waals surface area contributed by atoms with Gasteiger partial charge in [0, 0.05) is 11.1 Å². The number of thiazole rings is 1. The number of aryl methyl sites for hydroxylation is 1. The van der Waals surface area contributed by atoms with Gasteiger partial charge in [0.05, 0.1) is 11.6 Å². The van der Waals surface area contributed by atoms with Crippen molar-refractivity contribution in [2.45, 2.75) is 19.9 Å². The van der Waals surface area contributed by atoms with Crippen molar-refractivity contribution in [3.63, 3.8) is 0 Å². The summed E-state index contributed by atoms with van der Waals surface area (Å²) >= 11 is 7.38. The van der Waals surface area contributed by atoms with Crippen LogP contribution in [0.3, 0.4) is 0 Å². The molecule has 94 valence electrons. The lowest BCUT2D eigenvalue weighted by Crippen LogP contribution is -2.10. The summed E-state index contributed by atoms with van der Waals surface area (Å²) in [6.45, 7) is 3.88. The first-order valence-electron chi connectivity index (χ1n) is 5.26. The molecule has 0 aromatic carbocycles. The molecule has 0 aliphatic heterocycles. The molecule has 0 amide bonds. The lowest BCUT2D eigenvalue weighted by molar-refractivity contribution is 0.112. The highest BCUT2D eigenvalue weighted by Crippen LogP contribution is 2.24. The van der Waals surface area contributed by atoms with Crippen molar-refractivity contribution >= 4 is 35.0 Å². The van der Waals surface area contributed by atoms with E-state index in [1.54, 1.807) is 11.3 Å². The Morgan fingerprint density at radius 3 is 2.89 bits per heavy atom. The predicted molar refractivity (Wildman–Crippen MR) is 71.3 cm³/mol. The molecule has 0 bridgehead atoms. The van der Waals surface area contributed by atoms with E-state index in [9.17, 15) is 4.79 Å². The maximum absolute atomic E-state index is 11.0. The lowest BCUT2D eigenvalue weighted by atomic mass is 10.3. The van der Waals surface area contributed by atoms with Crippen LogP contribution in [0.5, 0.6) is 0 Å². The normalized spacial score (nSPS) is 12.2. The van der Waals surface area contributed by atoms with Crippen LogP contribution in [0, 0.1) is 6.92 Å². The van der Waals surface area contributed by atoms with Gasteiger partial charge in [-0.25, -0.2) is 15.0 Å². The van der Waals surface area contributed by atoms with Gasteiger partial charge >= 0.3 is 0 Å². The number of nitrogens with zero attached hydrogens (tertiary/aromatic N) is 3. The SMILES string of the molecule is Cc1csc(C(C)Nc2ncnc(Cl)c2C=O)n1. The molecule has 0 aliphatic carbocycles. The molecular formula is C11H11ClN4OS. The Labute approximate surface area is 113 Å². The summed E-state index contributed by atoms with van der Waals surface area (Å²) in [6, 6.07) is -0.0478. The monoisotopic (exact) mass is 282 g/mol. The predicted octanol–water partition coefficient (Wildman–Crippen LogP) is 2.88. The van der Waals surface area contributed by atoms with E-state index in [1.165, 1.54) is 6.33 Å². The summed E-state index contributed by atoms with van der Waals surface area (Å²) in [5, 5.41) is 6.16. The van der Waals surface area contributed by atoms with Crippen LogP contribution in [0.2, 0.25) is 5.15 Å². The highest BCUT2D eigenvalue weighted by atomic mass is 35.5. The van der Waals surface area contributed by atoms with Crippen LogP contribution in [-0.2, 0) is 0 Å². The van der Waals surface area contributed by atoms with E-state index in [-0.39, 0.29) is 16.8 Å². The van der Waals surface area contributed by atoms with E-state index in [0.717, 1.165) is 10.7 Å². The van der Waals surface area contributed by atoms with Gasteiger partial charge in [-0.3, -0.25) is 4.79 Å². The first-order valence-corrected chi connectivity index (χ1v) is 6.52. The van der Waals surface area contributed by atoms with Crippen LogP contribution < -0.4 is 5.32 Å². The van der Waals surface area contributed by atoms with Gasteiger partial charge in [0.1, 0.15) is 22.3 Å². The fraction of sp³-hybridized carbons (Fsp3) is 0.273. The zero-order chi connectivity index (χ0) is 13.1. The van der Waals surface area contributed by atoms with Crippen LogP contribution in [0.15, 0.2) is 11.7 Å². The maximum atomic E-state index is 11.0. The van der Waals surface area contributed by atoms with Crippen LogP contribution >= 0.6 is 22.9 Å². The number of anilines is 1.